The van der Waals surface area contributed by atoms with Gasteiger partial charge >= 0.3 is 0 Å². The summed E-state index contributed by atoms with van der Waals surface area (Å²) in [4.78, 5) is 17.9. The Morgan fingerprint density at radius 3 is 2.81 bits per heavy atom. The van der Waals surface area contributed by atoms with Gasteiger partial charge in [-0.2, -0.15) is 16.9 Å². The van der Waals surface area contributed by atoms with Gasteiger partial charge in [0.05, 0.1) is 0 Å². The fraction of sp³-hybridized carbons (Fsp3) is 0.524. The molecule has 1 amide bonds. The second kappa shape index (κ2) is 6.99. The lowest BCUT2D eigenvalue weighted by molar-refractivity contribution is 0.0724. The third-order valence-corrected chi connectivity index (χ3v) is 7.46. The maximum atomic E-state index is 13.4. The number of nitrogens with zero attached hydrogens (tertiary/aromatic N) is 4. The molecule has 6 heteroatoms. The number of aromatic nitrogens is 2. The van der Waals surface area contributed by atoms with Crippen LogP contribution in [0.4, 0.5) is 0 Å². The second-order valence-electron chi connectivity index (χ2n) is 7.88. The Balaban J connectivity index is 1.40. The van der Waals surface area contributed by atoms with Crippen molar-refractivity contribution in [2.75, 3.05) is 24.6 Å². The molecule has 1 aromatic heterocycles. The highest BCUT2D eigenvalue weighted by molar-refractivity contribution is 7.99. The van der Waals surface area contributed by atoms with E-state index in [9.17, 15) is 4.79 Å². The van der Waals surface area contributed by atoms with E-state index in [0.717, 1.165) is 32.5 Å². The van der Waals surface area contributed by atoms with Crippen LogP contribution in [0.1, 0.15) is 39.3 Å². The monoisotopic (exact) mass is 382 g/mol. The topological polar surface area (TPSA) is 41.4 Å². The van der Waals surface area contributed by atoms with E-state index in [4.69, 9.17) is 0 Å². The van der Waals surface area contributed by atoms with Gasteiger partial charge in [-0.25, -0.2) is 0 Å². The predicted molar refractivity (Wildman–Crippen MR) is 108 cm³/mol. The number of aryl methyl sites for hydroxylation is 1. The van der Waals surface area contributed by atoms with E-state index < -0.39 is 0 Å². The molecule has 5 rings (SSSR count). The summed E-state index contributed by atoms with van der Waals surface area (Å²) in [7, 11) is 1.99. The summed E-state index contributed by atoms with van der Waals surface area (Å²) in [6, 6.07) is 9.13. The summed E-state index contributed by atoms with van der Waals surface area (Å²) in [5.41, 5.74) is 5.74. The minimum Gasteiger partial charge on any atom is -0.333 e. The molecule has 0 bridgehead atoms. The summed E-state index contributed by atoms with van der Waals surface area (Å²) in [5.74, 6) is 2.59. The zero-order valence-corrected chi connectivity index (χ0v) is 16.7. The number of rotatable bonds is 2. The van der Waals surface area contributed by atoms with Crippen LogP contribution in [0, 0.1) is 0 Å². The van der Waals surface area contributed by atoms with Gasteiger partial charge in [-0.15, -0.1) is 0 Å². The molecule has 27 heavy (non-hydrogen) atoms. The maximum Gasteiger partial charge on any atom is 0.275 e. The fourth-order valence-corrected chi connectivity index (χ4v) is 5.98. The van der Waals surface area contributed by atoms with Crippen molar-refractivity contribution in [3.63, 3.8) is 0 Å². The Kier molecular flexibility index (Phi) is 4.48. The van der Waals surface area contributed by atoms with Gasteiger partial charge in [0, 0.05) is 62.7 Å². The zero-order valence-electron chi connectivity index (χ0n) is 15.9. The summed E-state index contributed by atoms with van der Waals surface area (Å²) < 4.78 is 1.95. The van der Waals surface area contributed by atoms with Crippen LogP contribution < -0.4 is 0 Å². The van der Waals surface area contributed by atoms with Gasteiger partial charge in [-0.05, 0) is 29.7 Å². The number of fused-ring (bicyclic) bond motifs is 2. The van der Waals surface area contributed by atoms with Crippen molar-refractivity contribution in [1.82, 2.24) is 19.6 Å². The molecule has 1 atom stereocenters. The Morgan fingerprint density at radius 1 is 1.15 bits per heavy atom. The highest BCUT2D eigenvalue weighted by Gasteiger charge is 2.33. The van der Waals surface area contributed by atoms with E-state index in [1.54, 1.807) is 0 Å². The maximum absolute atomic E-state index is 13.4. The summed E-state index contributed by atoms with van der Waals surface area (Å²) >= 11 is 2.05. The molecule has 0 radical (unpaired) electrons. The first kappa shape index (κ1) is 17.3. The highest BCUT2D eigenvalue weighted by Crippen LogP contribution is 2.30. The molecule has 142 valence electrons. The Labute approximate surface area is 164 Å². The van der Waals surface area contributed by atoms with Crippen molar-refractivity contribution in [3.05, 3.63) is 52.3 Å². The molecule has 2 aromatic rings. The highest BCUT2D eigenvalue weighted by atomic mass is 32.2. The molecule has 5 nitrogen and oxygen atoms in total. The van der Waals surface area contributed by atoms with Crippen molar-refractivity contribution in [2.45, 2.75) is 38.4 Å². The van der Waals surface area contributed by atoms with Crippen LogP contribution in [0.15, 0.2) is 24.3 Å². The van der Waals surface area contributed by atoms with Crippen molar-refractivity contribution < 1.29 is 4.79 Å². The van der Waals surface area contributed by atoms with Crippen molar-refractivity contribution in [2.24, 2.45) is 7.05 Å². The lowest BCUT2D eigenvalue weighted by Gasteiger charge is -2.33. The molecular formula is C21H26N4OS. The lowest BCUT2D eigenvalue weighted by Crippen LogP contribution is -2.41. The lowest BCUT2D eigenvalue weighted by atomic mass is 9.98. The number of benzene rings is 1. The van der Waals surface area contributed by atoms with Gasteiger partial charge < -0.3 is 4.90 Å². The number of hydrogen-bond acceptors (Lipinski definition) is 4. The van der Waals surface area contributed by atoms with E-state index in [1.807, 2.05) is 16.6 Å². The Morgan fingerprint density at radius 2 is 2.00 bits per heavy atom. The van der Waals surface area contributed by atoms with E-state index in [2.05, 4.69) is 46.0 Å². The fourth-order valence-electron chi connectivity index (χ4n) is 4.73. The molecule has 0 saturated carbocycles. The first-order chi connectivity index (χ1) is 13.2. The number of thioether (sulfide) groups is 1. The quantitative estimate of drug-likeness (QED) is 0.800. The summed E-state index contributed by atoms with van der Waals surface area (Å²) in [6.07, 6.45) is 3.20. The summed E-state index contributed by atoms with van der Waals surface area (Å²) in [6.45, 7) is 3.44. The van der Waals surface area contributed by atoms with E-state index in [-0.39, 0.29) is 5.91 Å². The van der Waals surface area contributed by atoms with Gasteiger partial charge in [-0.1, -0.05) is 24.3 Å². The van der Waals surface area contributed by atoms with E-state index in [1.165, 1.54) is 40.3 Å². The van der Waals surface area contributed by atoms with Crippen LogP contribution >= 0.6 is 11.8 Å². The number of amides is 1. The Bertz CT molecular complexity index is 871. The average Bonchev–Trinajstić information content (AvgIpc) is 3.35. The first-order valence-electron chi connectivity index (χ1n) is 9.93. The van der Waals surface area contributed by atoms with Crippen LogP contribution in [-0.2, 0) is 33.0 Å². The van der Waals surface area contributed by atoms with Gasteiger partial charge in [0.1, 0.15) is 0 Å². The van der Waals surface area contributed by atoms with Gasteiger partial charge in [-0.3, -0.25) is 14.4 Å². The second-order valence-corrected chi connectivity index (χ2v) is 9.03. The SMILES string of the molecule is Cn1nc(C(=O)N2CCc3ccccc3C2)c2c1CCN(C1CCSC1)C2. The van der Waals surface area contributed by atoms with Gasteiger partial charge in [0.25, 0.3) is 5.91 Å². The first-order valence-corrected chi connectivity index (χ1v) is 11.1. The van der Waals surface area contributed by atoms with Crippen LogP contribution in [-0.4, -0.2) is 56.1 Å². The predicted octanol–water partition coefficient (Wildman–Crippen LogP) is 2.48. The van der Waals surface area contributed by atoms with Crippen molar-refractivity contribution in [3.8, 4) is 0 Å². The minimum absolute atomic E-state index is 0.101. The third-order valence-electron chi connectivity index (χ3n) is 6.31. The molecule has 1 unspecified atom stereocenters. The summed E-state index contributed by atoms with van der Waals surface area (Å²) in [5, 5.41) is 4.68. The van der Waals surface area contributed by atoms with Crippen LogP contribution in [0.5, 0.6) is 0 Å². The number of hydrogen-bond donors (Lipinski definition) is 0. The molecule has 1 saturated heterocycles. The molecule has 3 aliphatic rings. The molecule has 1 fully saturated rings. The minimum atomic E-state index is 0.101. The molecular weight excluding hydrogens is 356 g/mol. The standard InChI is InChI=1S/C21H26N4OS/c1-23-19-7-10-24(17-8-11-27-14-17)13-18(19)20(22-23)21(26)25-9-6-15-4-2-3-5-16(15)12-25/h2-5,17H,6-14H2,1H3. The number of carbonyl (C=O) groups excluding carboxylic acids is 1. The largest absolute Gasteiger partial charge is 0.333 e. The van der Waals surface area contributed by atoms with Gasteiger partial charge in [0.15, 0.2) is 5.69 Å². The average molecular weight is 383 g/mol. The zero-order chi connectivity index (χ0) is 18.4. The van der Waals surface area contributed by atoms with E-state index in [0.29, 0.717) is 18.3 Å². The molecule has 3 aliphatic heterocycles. The molecule has 0 aliphatic carbocycles. The van der Waals surface area contributed by atoms with Gasteiger partial charge in [0.2, 0.25) is 0 Å². The normalized spacial score (nSPS) is 22.6. The smallest absolute Gasteiger partial charge is 0.275 e. The molecule has 0 spiro atoms. The van der Waals surface area contributed by atoms with Crippen LogP contribution in [0.2, 0.25) is 0 Å². The van der Waals surface area contributed by atoms with E-state index >= 15 is 0 Å². The molecule has 4 heterocycles. The Hall–Kier alpha value is -1.79. The molecule has 0 N–H and O–H groups in total. The van der Waals surface area contributed by atoms with Crippen molar-refractivity contribution >= 4 is 17.7 Å². The number of carbonyl (C=O) groups is 1. The van der Waals surface area contributed by atoms with Crippen molar-refractivity contribution in [1.29, 1.82) is 0 Å². The molecule has 1 aromatic carbocycles. The van der Waals surface area contributed by atoms with Crippen LogP contribution in [0.25, 0.3) is 0 Å². The van der Waals surface area contributed by atoms with Crippen LogP contribution in [0.3, 0.4) is 0 Å². The third kappa shape index (κ3) is 3.09.